The van der Waals surface area contributed by atoms with Crippen LogP contribution in [-0.4, -0.2) is 15.1 Å². The minimum atomic E-state index is -0.454. The fourth-order valence-corrected chi connectivity index (χ4v) is 2.20. The van der Waals surface area contributed by atoms with Crippen LogP contribution in [0.2, 0.25) is 0 Å². The maximum atomic E-state index is 10.6. The number of halogens is 1. The Labute approximate surface area is 127 Å². The van der Waals surface area contributed by atoms with Crippen LogP contribution in [0.4, 0.5) is 5.69 Å². The Morgan fingerprint density at radius 1 is 1.00 bits per heavy atom. The number of nitro groups is 1. The van der Waals surface area contributed by atoms with Gasteiger partial charge in [0.25, 0.3) is 5.69 Å². The number of benzene rings is 2. The molecule has 0 fully saturated rings. The van der Waals surface area contributed by atoms with E-state index in [4.69, 9.17) is 4.42 Å². The highest BCUT2D eigenvalue weighted by Gasteiger charge is 2.12. The summed E-state index contributed by atoms with van der Waals surface area (Å²) >= 11 is 3.38. The molecule has 0 spiro atoms. The number of hydrogen-bond acceptors (Lipinski definition) is 5. The Morgan fingerprint density at radius 2 is 1.67 bits per heavy atom. The lowest BCUT2D eigenvalue weighted by Gasteiger charge is -1.96. The topological polar surface area (TPSA) is 82.1 Å². The van der Waals surface area contributed by atoms with Crippen LogP contribution < -0.4 is 0 Å². The molecule has 0 aliphatic heterocycles. The van der Waals surface area contributed by atoms with Gasteiger partial charge in [-0.2, -0.15) is 0 Å². The minimum Gasteiger partial charge on any atom is -0.416 e. The molecule has 3 aromatic rings. The van der Waals surface area contributed by atoms with E-state index in [0.29, 0.717) is 17.3 Å². The van der Waals surface area contributed by atoms with Gasteiger partial charge in [-0.15, -0.1) is 10.2 Å². The van der Waals surface area contributed by atoms with Crippen molar-refractivity contribution in [3.63, 3.8) is 0 Å². The summed E-state index contributed by atoms with van der Waals surface area (Å²) in [5.74, 6) is 0.713. The number of non-ortho nitro benzene ring substituents is 1. The van der Waals surface area contributed by atoms with Crippen molar-refractivity contribution >= 4 is 21.6 Å². The van der Waals surface area contributed by atoms with Crippen LogP contribution >= 0.6 is 15.9 Å². The molecule has 0 aliphatic rings. The van der Waals surface area contributed by atoms with Gasteiger partial charge in [-0.1, -0.05) is 22.0 Å². The highest BCUT2D eigenvalue weighted by atomic mass is 79.9. The SMILES string of the molecule is O=[N+]([O-])c1ccc(-c2nnc(-c3cccc(Br)c3)o2)cc1. The first-order valence-electron chi connectivity index (χ1n) is 5.98. The normalized spacial score (nSPS) is 10.5. The summed E-state index contributed by atoms with van der Waals surface area (Å²) in [6, 6.07) is 13.5. The first-order valence-corrected chi connectivity index (χ1v) is 6.77. The molecule has 0 saturated heterocycles. The number of nitrogens with zero attached hydrogens (tertiary/aromatic N) is 3. The Morgan fingerprint density at radius 3 is 2.29 bits per heavy atom. The molecule has 0 amide bonds. The highest BCUT2D eigenvalue weighted by molar-refractivity contribution is 9.10. The van der Waals surface area contributed by atoms with Crippen molar-refractivity contribution in [2.75, 3.05) is 0 Å². The molecule has 0 aliphatic carbocycles. The van der Waals surface area contributed by atoms with Crippen molar-refractivity contribution < 1.29 is 9.34 Å². The van der Waals surface area contributed by atoms with Crippen LogP contribution in [0.25, 0.3) is 22.9 Å². The molecule has 6 nitrogen and oxygen atoms in total. The van der Waals surface area contributed by atoms with Crippen molar-refractivity contribution in [1.82, 2.24) is 10.2 Å². The van der Waals surface area contributed by atoms with E-state index in [2.05, 4.69) is 26.1 Å². The number of nitro benzene ring substituents is 1. The van der Waals surface area contributed by atoms with E-state index < -0.39 is 4.92 Å². The molecule has 104 valence electrons. The van der Waals surface area contributed by atoms with Gasteiger partial charge < -0.3 is 4.42 Å². The second kappa shape index (κ2) is 5.45. The summed E-state index contributed by atoms with van der Waals surface area (Å²) in [7, 11) is 0. The summed E-state index contributed by atoms with van der Waals surface area (Å²) in [4.78, 5) is 10.2. The van der Waals surface area contributed by atoms with Crippen molar-refractivity contribution in [3.05, 3.63) is 63.1 Å². The van der Waals surface area contributed by atoms with E-state index >= 15 is 0 Å². The van der Waals surface area contributed by atoms with E-state index in [0.717, 1.165) is 10.0 Å². The molecule has 1 aromatic heterocycles. The predicted molar refractivity (Wildman–Crippen MR) is 79.5 cm³/mol. The van der Waals surface area contributed by atoms with Gasteiger partial charge in [0.05, 0.1) is 4.92 Å². The average Bonchev–Trinajstić information content (AvgIpc) is 2.97. The predicted octanol–water partition coefficient (Wildman–Crippen LogP) is 4.07. The Bertz CT molecular complexity index is 799. The molecule has 0 N–H and O–H groups in total. The number of rotatable bonds is 3. The van der Waals surface area contributed by atoms with Crippen LogP contribution in [-0.2, 0) is 0 Å². The lowest BCUT2D eigenvalue weighted by molar-refractivity contribution is -0.384. The van der Waals surface area contributed by atoms with E-state index in [1.54, 1.807) is 12.1 Å². The van der Waals surface area contributed by atoms with Gasteiger partial charge in [0.15, 0.2) is 0 Å². The fraction of sp³-hybridized carbons (Fsp3) is 0. The second-order valence-electron chi connectivity index (χ2n) is 4.23. The third-order valence-electron chi connectivity index (χ3n) is 2.82. The summed E-state index contributed by atoms with van der Waals surface area (Å²) in [5.41, 5.74) is 1.45. The Balaban J connectivity index is 1.93. The van der Waals surface area contributed by atoms with Gasteiger partial charge in [0.2, 0.25) is 11.8 Å². The summed E-state index contributed by atoms with van der Waals surface area (Å²) in [5, 5.41) is 18.6. The van der Waals surface area contributed by atoms with Gasteiger partial charge >= 0.3 is 0 Å². The highest BCUT2D eigenvalue weighted by Crippen LogP contribution is 2.26. The zero-order chi connectivity index (χ0) is 14.8. The first-order chi connectivity index (χ1) is 10.1. The van der Waals surface area contributed by atoms with Crippen molar-refractivity contribution in [3.8, 4) is 22.9 Å². The molecule has 0 bridgehead atoms. The smallest absolute Gasteiger partial charge is 0.269 e. The summed E-state index contributed by atoms with van der Waals surface area (Å²) in [6.07, 6.45) is 0. The van der Waals surface area contributed by atoms with Gasteiger partial charge in [0, 0.05) is 27.7 Å². The van der Waals surface area contributed by atoms with Crippen LogP contribution in [0.3, 0.4) is 0 Å². The van der Waals surface area contributed by atoms with Gasteiger partial charge in [-0.3, -0.25) is 10.1 Å². The second-order valence-corrected chi connectivity index (χ2v) is 5.14. The maximum Gasteiger partial charge on any atom is 0.269 e. The monoisotopic (exact) mass is 345 g/mol. The fourth-order valence-electron chi connectivity index (χ4n) is 1.80. The van der Waals surface area contributed by atoms with Crippen molar-refractivity contribution in [2.24, 2.45) is 0 Å². The number of aromatic nitrogens is 2. The van der Waals surface area contributed by atoms with Crippen LogP contribution in [0, 0.1) is 10.1 Å². The van der Waals surface area contributed by atoms with Crippen LogP contribution in [0.1, 0.15) is 0 Å². The van der Waals surface area contributed by atoms with E-state index in [9.17, 15) is 10.1 Å². The molecule has 0 unspecified atom stereocenters. The lowest BCUT2D eigenvalue weighted by atomic mass is 10.2. The zero-order valence-electron chi connectivity index (χ0n) is 10.6. The molecule has 0 saturated carbocycles. The quantitative estimate of drug-likeness (QED) is 0.527. The molecule has 0 radical (unpaired) electrons. The molecule has 3 rings (SSSR count). The number of hydrogen-bond donors (Lipinski definition) is 0. The van der Waals surface area contributed by atoms with E-state index in [1.165, 1.54) is 12.1 Å². The minimum absolute atomic E-state index is 0.0190. The molecule has 2 aromatic carbocycles. The standard InChI is InChI=1S/C14H8BrN3O3/c15-11-3-1-2-10(8-11)14-17-16-13(21-14)9-4-6-12(7-5-9)18(19)20/h1-8H. The molecule has 0 atom stereocenters. The largest absolute Gasteiger partial charge is 0.416 e. The van der Waals surface area contributed by atoms with E-state index in [-0.39, 0.29) is 5.69 Å². The first kappa shape index (κ1) is 13.4. The molecular weight excluding hydrogens is 338 g/mol. The van der Waals surface area contributed by atoms with Gasteiger partial charge in [-0.05, 0) is 30.3 Å². The van der Waals surface area contributed by atoms with Gasteiger partial charge in [0.1, 0.15) is 0 Å². The van der Waals surface area contributed by atoms with Crippen molar-refractivity contribution in [2.45, 2.75) is 0 Å². The van der Waals surface area contributed by atoms with Crippen LogP contribution in [0.15, 0.2) is 57.4 Å². The maximum absolute atomic E-state index is 10.6. The average molecular weight is 346 g/mol. The lowest BCUT2D eigenvalue weighted by Crippen LogP contribution is -1.87. The Hall–Kier alpha value is -2.54. The molecule has 21 heavy (non-hydrogen) atoms. The van der Waals surface area contributed by atoms with E-state index in [1.807, 2.05) is 24.3 Å². The zero-order valence-corrected chi connectivity index (χ0v) is 12.1. The van der Waals surface area contributed by atoms with Crippen LogP contribution in [0.5, 0.6) is 0 Å². The van der Waals surface area contributed by atoms with Crippen molar-refractivity contribution in [1.29, 1.82) is 0 Å². The molecule has 1 heterocycles. The third-order valence-corrected chi connectivity index (χ3v) is 3.31. The summed E-state index contributed by atoms with van der Waals surface area (Å²) < 4.78 is 6.51. The van der Waals surface area contributed by atoms with Gasteiger partial charge in [-0.25, -0.2) is 0 Å². The Kier molecular flexibility index (Phi) is 3.49. The molecular formula is C14H8BrN3O3. The molecule has 7 heteroatoms. The third kappa shape index (κ3) is 2.82. The summed E-state index contributed by atoms with van der Waals surface area (Å²) in [6.45, 7) is 0.